The predicted octanol–water partition coefficient (Wildman–Crippen LogP) is 4.94. The number of nitrogens with zero attached hydrogens (tertiary/aromatic N) is 2. The minimum Gasteiger partial charge on any atom is -0.497 e. The van der Waals surface area contributed by atoms with E-state index in [9.17, 15) is 22.9 Å². The molecule has 3 aromatic rings. The third-order valence-corrected chi connectivity index (χ3v) is 7.32. The molecule has 0 N–H and O–H groups in total. The zero-order chi connectivity index (χ0) is 25.9. The van der Waals surface area contributed by atoms with Gasteiger partial charge >= 0.3 is 10.1 Å². The molecule has 12 heteroatoms. The van der Waals surface area contributed by atoms with Crippen molar-refractivity contribution in [3.63, 3.8) is 0 Å². The summed E-state index contributed by atoms with van der Waals surface area (Å²) in [4.78, 5) is 14.5. The number of ether oxygens (including phenoxy) is 2. The number of rotatable bonds is 9. The molecule has 1 saturated carbocycles. The molecular formula is C24H25FN2O8S. The first kappa shape index (κ1) is 25.7. The molecule has 192 valence electrons. The van der Waals surface area contributed by atoms with Crippen LogP contribution >= 0.6 is 0 Å². The van der Waals surface area contributed by atoms with E-state index in [-0.39, 0.29) is 24.3 Å². The Bertz CT molecular complexity index is 1340. The molecule has 0 saturated heterocycles. The number of benzene rings is 2. The van der Waals surface area contributed by atoms with E-state index in [1.54, 1.807) is 19.1 Å². The fourth-order valence-corrected chi connectivity index (χ4v) is 5.29. The minimum atomic E-state index is -4.40. The van der Waals surface area contributed by atoms with Gasteiger partial charge in [-0.1, -0.05) is 0 Å². The highest BCUT2D eigenvalue weighted by Crippen LogP contribution is 2.33. The van der Waals surface area contributed by atoms with Crippen LogP contribution in [0.25, 0.3) is 11.5 Å². The van der Waals surface area contributed by atoms with Crippen LogP contribution in [-0.4, -0.2) is 37.6 Å². The Morgan fingerprint density at radius 2 is 1.89 bits per heavy atom. The van der Waals surface area contributed by atoms with E-state index in [0.29, 0.717) is 48.6 Å². The first-order chi connectivity index (χ1) is 17.2. The van der Waals surface area contributed by atoms with Crippen LogP contribution < -0.4 is 4.74 Å². The van der Waals surface area contributed by atoms with E-state index in [4.69, 9.17) is 18.1 Å². The average molecular weight is 521 g/mol. The van der Waals surface area contributed by atoms with Crippen LogP contribution in [0.2, 0.25) is 0 Å². The van der Waals surface area contributed by atoms with E-state index in [2.05, 4.69) is 4.98 Å². The number of hydrogen-bond acceptors (Lipinski definition) is 9. The summed E-state index contributed by atoms with van der Waals surface area (Å²) >= 11 is 0. The van der Waals surface area contributed by atoms with Crippen molar-refractivity contribution in [3.05, 3.63) is 69.9 Å². The van der Waals surface area contributed by atoms with Crippen molar-refractivity contribution in [2.45, 2.75) is 56.3 Å². The monoisotopic (exact) mass is 520 g/mol. The lowest BCUT2D eigenvalue weighted by molar-refractivity contribution is -0.388. The summed E-state index contributed by atoms with van der Waals surface area (Å²) in [6.07, 6.45) is 1.14. The molecule has 2 aromatic carbocycles. The maximum Gasteiger partial charge on any atom is 0.304 e. The molecular weight excluding hydrogens is 495 g/mol. The number of nitro groups is 1. The summed E-state index contributed by atoms with van der Waals surface area (Å²) in [7, 11) is -3.07. The lowest BCUT2D eigenvalue weighted by Crippen LogP contribution is -2.30. The van der Waals surface area contributed by atoms with E-state index in [1.807, 2.05) is 0 Å². The van der Waals surface area contributed by atoms with Gasteiger partial charge in [0.15, 0.2) is 4.90 Å². The molecule has 1 aromatic heterocycles. The normalized spacial score (nSPS) is 18.2. The van der Waals surface area contributed by atoms with Gasteiger partial charge in [0.05, 0.1) is 36.9 Å². The standard InChI is InChI=1S/C24H25FN2O8S/c1-15-21(26-24(34-15)16-6-8-17(25)9-7-16)14-33-19-4-3-5-20(12-19)35-36(30,31)23-11-10-18(32-2)13-22(23)27(28)29/h6-11,13,19-20H,3-5,12,14H2,1-2H3/t19-,20+/m1/s1. The first-order valence-corrected chi connectivity index (χ1v) is 12.7. The predicted molar refractivity (Wildman–Crippen MR) is 125 cm³/mol. The summed E-state index contributed by atoms with van der Waals surface area (Å²) < 4.78 is 60.9. The number of aryl methyl sites for hydroxylation is 1. The van der Waals surface area contributed by atoms with Gasteiger partial charge < -0.3 is 13.9 Å². The quantitative estimate of drug-likeness (QED) is 0.219. The second kappa shape index (κ2) is 10.7. The number of nitro benzene ring substituents is 1. The van der Waals surface area contributed by atoms with Crippen LogP contribution in [0.3, 0.4) is 0 Å². The molecule has 36 heavy (non-hydrogen) atoms. The fraction of sp³-hybridized carbons (Fsp3) is 0.375. The molecule has 2 atom stereocenters. The van der Waals surface area contributed by atoms with Gasteiger partial charge in [0.1, 0.15) is 23.0 Å². The molecule has 0 bridgehead atoms. The van der Waals surface area contributed by atoms with Crippen molar-refractivity contribution in [2.24, 2.45) is 0 Å². The Kier molecular flexibility index (Phi) is 7.67. The third kappa shape index (κ3) is 5.89. The van der Waals surface area contributed by atoms with Gasteiger partial charge in [-0.15, -0.1) is 0 Å². The summed E-state index contributed by atoms with van der Waals surface area (Å²) in [5.74, 6) is 0.719. The highest BCUT2D eigenvalue weighted by molar-refractivity contribution is 7.87. The number of halogens is 1. The van der Waals surface area contributed by atoms with Gasteiger partial charge in [-0.25, -0.2) is 9.37 Å². The van der Waals surface area contributed by atoms with Crippen LogP contribution in [0.15, 0.2) is 51.8 Å². The van der Waals surface area contributed by atoms with E-state index in [1.165, 1.54) is 25.3 Å². The zero-order valence-corrected chi connectivity index (χ0v) is 20.5. The summed E-state index contributed by atoms with van der Waals surface area (Å²) in [5, 5.41) is 11.4. The Hall–Kier alpha value is -3.35. The number of methoxy groups -OCH3 is 1. The molecule has 0 unspecified atom stereocenters. The molecule has 1 heterocycles. The van der Waals surface area contributed by atoms with Crippen molar-refractivity contribution in [1.82, 2.24) is 4.98 Å². The Morgan fingerprint density at radius 1 is 1.17 bits per heavy atom. The van der Waals surface area contributed by atoms with Gasteiger partial charge in [0.2, 0.25) is 5.89 Å². The molecule has 0 amide bonds. The highest BCUT2D eigenvalue weighted by atomic mass is 32.2. The summed E-state index contributed by atoms with van der Waals surface area (Å²) in [6, 6.07) is 9.27. The van der Waals surface area contributed by atoms with Crippen molar-refractivity contribution in [2.75, 3.05) is 7.11 Å². The summed E-state index contributed by atoms with van der Waals surface area (Å²) in [5.41, 5.74) is 0.602. The van der Waals surface area contributed by atoms with Crippen molar-refractivity contribution >= 4 is 15.8 Å². The maximum absolute atomic E-state index is 13.2. The smallest absolute Gasteiger partial charge is 0.304 e. The lowest BCUT2D eigenvalue weighted by atomic mass is 9.95. The Labute approximate surface area is 207 Å². The summed E-state index contributed by atoms with van der Waals surface area (Å²) in [6.45, 7) is 1.89. The fourth-order valence-electron chi connectivity index (χ4n) is 4.02. The van der Waals surface area contributed by atoms with E-state index < -0.39 is 31.7 Å². The second-order valence-corrected chi connectivity index (χ2v) is 9.93. The van der Waals surface area contributed by atoms with Gasteiger partial charge in [-0.05, 0) is 62.6 Å². The topological polar surface area (TPSA) is 131 Å². The molecule has 0 aliphatic heterocycles. The lowest BCUT2D eigenvalue weighted by Gasteiger charge is -2.28. The van der Waals surface area contributed by atoms with E-state index in [0.717, 1.165) is 12.1 Å². The van der Waals surface area contributed by atoms with Crippen molar-refractivity contribution < 1.29 is 35.8 Å². The maximum atomic E-state index is 13.2. The van der Waals surface area contributed by atoms with Crippen molar-refractivity contribution in [3.8, 4) is 17.2 Å². The van der Waals surface area contributed by atoms with Gasteiger partial charge in [-0.2, -0.15) is 8.42 Å². The molecule has 1 aliphatic carbocycles. The zero-order valence-electron chi connectivity index (χ0n) is 19.7. The SMILES string of the molecule is COc1ccc(S(=O)(=O)O[C@H]2CCC[C@@H](OCc3nc(-c4ccc(F)cc4)oc3C)C2)c([N+](=O)[O-])c1. The second-order valence-electron chi connectivity index (χ2n) is 8.39. The van der Waals surface area contributed by atoms with Crippen molar-refractivity contribution in [1.29, 1.82) is 0 Å². The Balaban J connectivity index is 1.40. The number of hydrogen-bond donors (Lipinski definition) is 0. The molecule has 0 radical (unpaired) electrons. The average Bonchev–Trinajstić information content (AvgIpc) is 3.23. The third-order valence-electron chi connectivity index (χ3n) is 5.91. The van der Waals surface area contributed by atoms with Crippen LogP contribution in [-0.2, 0) is 25.6 Å². The van der Waals surface area contributed by atoms with Crippen LogP contribution in [0.4, 0.5) is 10.1 Å². The molecule has 1 aliphatic rings. The first-order valence-electron chi connectivity index (χ1n) is 11.3. The van der Waals surface area contributed by atoms with Crippen LogP contribution in [0, 0.1) is 22.9 Å². The van der Waals surface area contributed by atoms with E-state index >= 15 is 0 Å². The van der Waals surface area contributed by atoms with Gasteiger partial charge in [-0.3, -0.25) is 14.3 Å². The largest absolute Gasteiger partial charge is 0.497 e. The molecule has 0 spiro atoms. The number of oxazole rings is 1. The number of aromatic nitrogens is 1. The van der Waals surface area contributed by atoms with Crippen LogP contribution in [0.5, 0.6) is 5.75 Å². The Morgan fingerprint density at radius 3 is 2.58 bits per heavy atom. The molecule has 1 fully saturated rings. The van der Waals surface area contributed by atoms with Gasteiger partial charge in [0.25, 0.3) is 5.69 Å². The van der Waals surface area contributed by atoms with Gasteiger partial charge in [0, 0.05) is 12.0 Å². The minimum absolute atomic E-state index is 0.143. The van der Waals surface area contributed by atoms with Crippen LogP contribution in [0.1, 0.15) is 37.1 Å². The highest BCUT2D eigenvalue weighted by Gasteiger charge is 2.33. The molecule has 4 rings (SSSR count). The molecule has 10 nitrogen and oxygen atoms in total.